The lowest BCUT2D eigenvalue weighted by atomic mass is 10.2. The monoisotopic (exact) mass is 262 g/mol. The topological polar surface area (TPSA) is 41.1 Å². The van der Waals surface area contributed by atoms with E-state index in [1.165, 1.54) is 25.7 Å². The molecule has 4 heteroatoms. The predicted molar refractivity (Wildman–Crippen MR) is 79.3 cm³/mol. The van der Waals surface area contributed by atoms with Crippen LogP contribution in [0, 0.1) is 5.92 Å². The predicted octanol–water partition coefficient (Wildman–Crippen LogP) is 2.60. The van der Waals surface area contributed by atoms with Gasteiger partial charge in [0.05, 0.1) is 18.1 Å². The number of nitrogens with one attached hydrogen (secondary N) is 1. The molecular formula is C15H26N4. The van der Waals surface area contributed by atoms with E-state index in [1.54, 1.807) is 0 Å². The van der Waals surface area contributed by atoms with E-state index in [0.29, 0.717) is 5.92 Å². The smallest absolute Gasteiger partial charge is 0.147 e. The maximum absolute atomic E-state index is 4.57. The van der Waals surface area contributed by atoms with Crippen molar-refractivity contribution in [3.8, 4) is 0 Å². The fraction of sp³-hybridized carbons (Fsp3) is 0.733. The first-order chi connectivity index (χ1) is 9.25. The second-order valence-electron chi connectivity index (χ2n) is 5.79. The first kappa shape index (κ1) is 14.3. The lowest BCUT2D eigenvalue weighted by Crippen LogP contribution is -2.25. The quantitative estimate of drug-likeness (QED) is 0.885. The third-order valence-corrected chi connectivity index (χ3v) is 3.48. The summed E-state index contributed by atoms with van der Waals surface area (Å²) in [5.74, 6) is 1.71. The van der Waals surface area contributed by atoms with Crippen molar-refractivity contribution in [1.29, 1.82) is 0 Å². The van der Waals surface area contributed by atoms with E-state index < -0.39 is 0 Å². The Morgan fingerprint density at radius 3 is 2.42 bits per heavy atom. The molecule has 1 aromatic heterocycles. The minimum absolute atomic E-state index is 0.671. The van der Waals surface area contributed by atoms with Crippen LogP contribution in [0.4, 0.5) is 5.82 Å². The normalized spacial score (nSPS) is 16.7. The van der Waals surface area contributed by atoms with Gasteiger partial charge in [-0.05, 0) is 25.3 Å². The number of anilines is 1. The van der Waals surface area contributed by atoms with Crippen molar-refractivity contribution < 1.29 is 0 Å². The molecule has 1 fully saturated rings. The fourth-order valence-corrected chi connectivity index (χ4v) is 2.39. The number of aromatic nitrogens is 2. The lowest BCUT2D eigenvalue weighted by Gasteiger charge is -2.20. The van der Waals surface area contributed by atoms with E-state index in [2.05, 4.69) is 34.0 Å². The zero-order valence-corrected chi connectivity index (χ0v) is 12.2. The second-order valence-corrected chi connectivity index (χ2v) is 5.79. The fourth-order valence-electron chi connectivity index (χ4n) is 2.39. The average Bonchev–Trinajstić information content (AvgIpc) is 2.68. The van der Waals surface area contributed by atoms with E-state index in [-0.39, 0.29) is 0 Å². The van der Waals surface area contributed by atoms with Crippen molar-refractivity contribution in [1.82, 2.24) is 15.3 Å². The molecule has 1 saturated heterocycles. The molecule has 0 amide bonds. The van der Waals surface area contributed by atoms with E-state index in [0.717, 1.165) is 37.7 Å². The highest BCUT2D eigenvalue weighted by Crippen LogP contribution is 2.16. The average molecular weight is 262 g/mol. The van der Waals surface area contributed by atoms with Crippen LogP contribution >= 0.6 is 0 Å². The molecule has 0 atom stereocenters. The van der Waals surface area contributed by atoms with E-state index in [4.69, 9.17) is 0 Å². The van der Waals surface area contributed by atoms with Crippen LogP contribution in [0.15, 0.2) is 12.4 Å². The number of hydrogen-bond donors (Lipinski definition) is 1. The Balaban J connectivity index is 1.86. The molecule has 0 aromatic carbocycles. The minimum Gasteiger partial charge on any atom is -0.355 e. The molecule has 0 radical (unpaired) electrons. The molecule has 19 heavy (non-hydrogen) atoms. The van der Waals surface area contributed by atoms with Crippen LogP contribution in [0.3, 0.4) is 0 Å². The highest BCUT2D eigenvalue weighted by molar-refractivity contribution is 5.35. The Labute approximate surface area is 116 Å². The molecule has 0 aliphatic carbocycles. The van der Waals surface area contributed by atoms with Crippen molar-refractivity contribution in [2.75, 3.05) is 24.5 Å². The summed E-state index contributed by atoms with van der Waals surface area (Å²) in [7, 11) is 0. The van der Waals surface area contributed by atoms with Crippen LogP contribution in [0.5, 0.6) is 0 Å². The molecule has 0 saturated carbocycles. The van der Waals surface area contributed by atoms with Crippen LogP contribution in [-0.2, 0) is 6.54 Å². The SMILES string of the molecule is CC(C)CNCc1cnc(N2CCCCCC2)cn1. The zero-order chi connectivity index (χ0) is 13.5. The standard InChI is InChI=1S/C15H26N4/c1-13(2)9-16-10-14-11-18-15(12-17-14)19-7-5-3-4-6-8-19/h11-13,16H,3-10H2,1-2H3. The molecule has 2 rings (SSSR count). The van der Waals surface area contributed by atoms with Gasteiger partial charge in [0.15, 0.2) is 0 Å². The Bertz CT molecular complexity index is 353. The largest absolute Gasteiger partial charge is 0.355 e. The Morgan fingerprint density at radius 2 is 1.84 bits per heavy atom. The maximum Gasteiger partial charge on any atom is 0.147 e. The number of rotatable bonds is 5. The molecule has 0 spiro atoms. The van der Waals surface area contributed by atoms with Gasteiger partial charge in [0.25, 0.3) is 0 Å². The van der Waals surface area contributed by atoms with Gasteiger partial charge in [-0.3, -0.25) is 4.98 Å². The van der Waals surface area contributed by atoms with E-state index >= 15 is 0 Å². The molecule has 2 heterocycles. The summed E-state index contributed by atoms with van der Waals surface area (Å²) in [5, 5.41) is 3.39. The first-order valence-electron chi connectivity index (χ1n) is 7.52. The molecule has 1 aromatic rings. The van der Waals surface area contributed by atoms with Gasteiger partial charge in [-0.15, -0.1) is 0 Å². The van der Waals surface area contributed by atoms with Crippen molar-refractivity contribution >= 4 is 5.82 Å². The molecule has 1 aliphatic rings. The van der Waals surface area contributed by atoms with Crippen molar-refractivity contribution in [2.45, 2.75) is 46.1 Å². The van der Waals surface area contributed by atoms with E-state index in [9.17, 15) is 0 Å². The summed E-state index contributed by atoms with van der Waals surface area (Å²) >= 11 is 0. The van der Waals surface area contributed by atoms with Gasteiger partial charge < -0.3 is 10.2 Å². The van der Waals surface area contributed by atoms with Crippen LogP contribution in [0.2, 0.25) is 0 Å². The van der Waals surface area contributed by atoms with Gasteiger partial charge in [-0.1, -0.05) is 26.7 Å². The van der Waals surface area contributed by atoms with Crippen LogP contribution in [0.25, 0.3) is 0 Å². The lowest BCUT2D eigenvalue weighted by molar-refractivity contribution is 0.547. The van der Waals surface area contributed by atoms with Crippen LogP contribution in [-0.4, -0.2) is 29.6 Å². The minimum atomic E-state index is 0.671. The summed E-state index contributed by atoms with van der Waals surface area (Å²) in [4.78, 5) is 11.4. The molecule has 1 N–H and O–H groups in total. The van der Waals surface area contributed by atoms with Gasteiger partial charge in [0.2, 0.25) is 0 Å². The third kappa shape index (κ3) is 4.78. The third-order valence-electron chi connectivity index (χ3n) is 3.48. The summed E-state index contributed by atoms with van der Waals surface area (Å²) in [6.45, 7) is 8.50. The van der Waals surface area contributed by atoms with Gasteiger partial charge in [-0.2, -0.15) is 0 Å². The van der Waals surface area contributed by atoms with Crippen LogP contribution < -0.4 is 10.2 Å². The molecule has 0 bridgehead atoms. The van der Waals surface area contributed by atoms with Gasteiger partial charge >= 0.3 is 0 Å². The molecular weight excluding hydrogens is 236 g/mol. The molecule has 0 unspecified atom stereocenters. The van der Waals surface area contributed by atoms with E-state index in [1.807, 2.05) is 12.4 Å². The van der Waals surface area contributed by atoms with Crippen LogP contribution in [0.1, 0.15) is 45.2 Å². The summed E-state index contributed by atoms with van der Waals surface area (Å²) in [5.41, 5.74) is 1.03. The molecule has 4 nitrogen and oxygen atoms in total. The van der Waals surface area contributed by atoms with Crippen molar-refractivity contribution in [3.63, 3.8) is 0 Å². The van der Waals surface area contributed by atoms with Crippen molar-refractivity contribution in [3.05, 3.63) is 18.1 Å². The van der Waals surface area contributed by atoms with Gasteiger partial charge in [0.1, 0.15) is 5.82 Å². The summed E-state index contributed by atoms with van der Waals surface area (Å²) in [6.07, 6.45) is 9.09. The van der Waals surface area contributed by atoms with Crippen molar-refractivity contribution in [2.24, 2.45) is 5.92 Å². The summed E-state index contributed by atoms with van der Waals surface area (Å²) in [6, 6.07) is 0. The highest BCUT2D eigenvalue weighted by atomic mass is 15.2. The summed E-state index contributed by atoms with van der Waals surface area (Å²) < 4.78 is 0. The highest BCUT2D eigenvalue weighted by Gasteiger charge is 2.11. The van der Waals surface area contributed by atoms with Gasteiger partial charge in [-0.25, -0.2) is 4.98 Å². The maximum atomic E-state index is 4.57. The number of hydrogen-bond acceptors (Lipinski definition) is 4. The Kier molecular flexibility index (Phi) is 5.58. The van der Waals surface area contributed by atoms with Gasteiger partial charge in [0, 0.05) is 19.6 Å². The molecule has 106 valence electrons. The Hall–Kier alpha value is -1.16. The second kappa shape index (κ2) is 7.43. The molecule has 1 aliphatic heterocycles. The number of nitrogens with zero attached hydrogens (tertiary/aromatic N) is 3. The first-order valence-corrected chi connectivity index (χ1v) is 7.52. The zero-order valence-electron chi connectivity index (χ0n) is 12.2. The Morgan fingerprint density at radius 1 is 1.11 bits per heavy atom.